The molecule has 0 unspecified atom stereocenters. The summed E-state index contributed by atoms with van der Waals surface area (Å²) in [5.74, 6) is 0.590. The molecule has 8 nitrogen and oxygen atoms in total. The fourth-order valence-corrected chi connectivity index (χ4v) is 2.50. The van der Waals surface area contributed by atoms with Crippen LogP contribution in [0.15, 0.2) is 48.9 Å². The number of nitrogens with one attached hydrogen (secondary N) is 1. The van der Waals surface area contributed by atoms with Crippen LogP contribution in [-0.4, -0.2) is 19.9 Å². The second-order valence-electron chi connectivity index (χ2n) is 5.93. The van der Waals surface area contributed by atoms with Crippen molar-refractivity contribution in [3.05, 3.63) is 69.8 Å². The molecule has 0 saturated heterocycles. The summed E-state index contributed by atoms with van der Waals surface area (Å²) < 4.78 is 5.63. The molecule has 1 aromatic carbocycles. The van der Waals surface area contributed by atoms with E-state index in [1.165, 1.54) is 12.5 Å². The first kappa shape index (κ1) is 18.5. The first-order chi connectivity index (χ1) is 13.0. The monoisotopic (exact) mass is 385 g/mol. The molecule has 0 bridgehead atoms. The lowest BCUT2D eigenvalue weighted by atomic mass is 10.0. The second kappa shape index (κ2) is 7.96. The van der Waals surface area contributed by atoms with Crippen molar-refractivity contribution < 1.29 is 9.66 Å². The number of halogens is 1. The van der Waals surface area contributed by atoms with E-state index in [-0.39, 0.29) is 16.9 Å². The lowest BCUT2D eigenvalue weighted by Crippen LogP contribution is -2.04. The molecule has 0 aliphatic rings. The first-order valence-corrected chi connectivity index (χ1v) is 8.48. The Hall–Kier alpha value is -3.26. The van der Waals surface area contributed by atoms with Crippen LogP contribution in [0, 0.1) is 10.1 Å². The molecule has 0 radical (unpaired) electrons. The first-order valence-electron chi connectivity index (χ1n) is 8.10. The van der Waals surface area contributed by atoms with Crippen molar-refractivity contribution in [2.75, 3.05) is 5.32 Å². The topological polar surface area (TPSA) is 103 Å². The molecule has 0 atom stereocenters. The van der Waals surface area contributed by atoms with E-state index in [2.05, 4.69) is 34.1 Å². The largest absolute Gasteiger partial charge is 0.434 e. The van der Waals surface area contributed by atoms with Gasteiger partial charge in [-0.3, -0.25) is 10.1 Å². The third-order valence-corrected chi connectivity index (χ3v) is 4.05. The Balaban J connectivity index is 1.94. The van der Waals surface area contributed by atoms with Gasteiger partial charge in [-0.25, -0.2) is 9.97 Å². The van der Waals surface area contributed by atoms with Gasteiger partial charge in [0.15, 0.2) is 5.15 Å². The van der Waals surface area contributed by atoms with Crippen LogP contribution in [-0.2, 0) is 0 Å². The normalized spacial score (nSPS) is 10.7. The standard InChI is InChI=1S/C18H16ClN5O3/c1-11(2)12-5-7-13(8-6-12)27-18-15(24(25)26)17(21-10-22-18)23-14-4-3-9-20-16(14)19/h3-11H,1-2H3,(H,21,22,23). The van der Waals surface area contributed by atoms with Crippen molar-refractivity contribution in [2.24, 2.45) is 0 Å². The van der Waals surface area contributed by atoms with Gasteiger partial charge >= 0.3 is 11.6 Å². The quantitative estimate of drug-likeness (QED) is 0.358. The van der Waals surface area contributed by atoms with Crippen LogP contribution in [0.1, 0.15) is 25.3 Å². The van der Waals surface area contributed by atoms with Crippen LogP contribution in [0.2, 0.25) is 5.15 Å². The van der Waals surface area contributed by atoms with Crippen molar-refractivity contribution in [1.29, 1.82) is 0 Å². The minimum absolute atomic E-state index is 0.0429. The zero-order valence-electron chi connectivity index (χ0n) is 14.6. The highest BCUT2D eigenvalue weighted by Crippen LogP contribution is 2.36. The summed E-state index contributed by atoms with van der Waals surface area (Å²) in [5, 5.41) is 14.6. The summed E-state index contributed by atoms with van der Waals surface area (Å²) >= 11 is 6.00. The number of hydrogen-bond donors (Lipinski definition) is 1. The zero-order chi connectivity index (χ0) is 19.4. The van der Waals surface area contributed by atoms with E-state index in [0.29, 0.717) is 17.4 Å². The average molecular weight is 386 g/mol. The molecular formula is C18H16ClN5O3. The highest BCUT2D eigenvalue weighted by molar-refractivity contribution is 6.32. The maximum atomic E-state index is 11.6. The molecule has 9 heteroatoms. The molecule has 0 saturated carbocycles. The van der Waals surface area contributed by atoms with Gasteiger partial charge in [0, 0.05) is 6.20 Å². The van der Waals surface area contributed by atoms with Crippen LogP contribution >= 0.6 is 11.6 Å². The third-order valence-electron chi connectivity index (χ3n) is 3.74. The average Bonchev–Trinajstić information content (AvgIpc) is 2.64. The summed E-state index contributed by atoms with van der Waals surface area (Å²) in [6, 6.07) is 10.6. The lowest BCUT2D eigenvalue weighted by molar-refractivity contribution is -0.385. The molecular weight excluding hydrogens is 370 g/mol. The van der Waals surface area contributed by atoms with Gasteiger partial charge in [-0.2, -0.15) is 4.98 Å². The molecule has 3 aromatic rings. The maximum Gasteiger partial charge on any atom is 0.373 e. The van der Waals surface area contributed by atoms with Gasteiger partial charge in [-0.1, -0.05) is 37.6 Å². The second-order valence-corrected chi connectivity index (χ2v) is 6.28. The Kier molecular flexibility index (Phi) is 5.46. The van der Waals surface area contributed by atoms with Gasteiger partial charge in [0.1, 0.15) is 12.1 Å². The van der Waals surface area contributed by atoms with Gasteiger partial charge in [0.2, 0.25) is 5.82 Å². The Bertz CT molecular complexity index is 963. The Labute approximate surface area is 160 Å². The number of benzene rings is 1. The van der Waals surface area contributed by atoms with Crippen molar-refractivity contribution in [3.63, 3.8) is 0 Å². The molecule has 0 amide bonds. The predicted octanol–water partition coefficient (Wildman–Crippen LogP) is 5.09. The van der Waals surface area contributed by atoms with Crippen LogP contribution in [0.25, 0.3) is 0 Å². The molecule has 3 rings (SSSR count). The fourth-order valence-electron chi connectivity index (χ4n) is 2.33. The van der Waals surface area contributed by atoms with E-state index in [9.17, 15) is 10.1 Å². The Morgan fingerprint density at radius 1 is 1.15 bits per heavy atom. The summed E-state index contributed by atoms with van der Waals surface area (Å²) in [4.78, 5) is 22.8. The number of aromatic nitrogens is 3. The number of anilines is 2. The van der Waals surface area contributed by atoms with E-state index >= 15 is 0 Å². The Morgan fingerprint density at radius 2 is 1.89 bits per heavy atom. The number of nitrogens with zero attached hydrogens (tertiary/aromatic N) is 4. The highest BCUT2D eigenvalue weighted by Gasteiger charge is 2.25. The van der Waals surface area contributed by atoms with Gasteiger partial charge in [0.05, 0.1) is 10.6 Å². The van der Waals surface area contributed by atoms with Crippen molar-refractivity contribution in [1.82, 2.24) is 15.0 Å². The number of pyridine rings is 1. The predicted molar refractivity (Wildman–Crippen MR) is 102 cm³/mol. The molecule has 0 spiro atoms. The lowest BCUT2D eigenvalue weighted by Gasteiger charge is -2.10. The summed E-state index contributed by atoms with van der Waals surface area (Å²) in [6.07, 6.45) is 2.69. The fraction of sp³-hybridized carbons (Fsp3) is 0.167. The maximum absolute atomic E-state index is 11.6. The van der Waals surface area contributed by atoms with Crippen molar-refractivity contribution in [2.45, 2.75) is 19.8 Å². The SMILES string of the molecule is CC(C)c1ccc(Oc2ncnc(Nc3cccnc3Cl)c2[N+](=O)[O-])cc1. The molecule has 1 N–H and O–H groups in total. The molecule has 138 valence electrons. The third kappa shape index (κ3) is 4.29. The van der Waals surface area contributed by atoms with E-state index in [1.807, 2.05) is 12.1 Å². The number of ether oxygens (including phenoxy) is 1. The number of hydrogen-bond acceptors (Lipinski definition) is 7. The van der Waals surface area contributed by atoms with Crippen LogP contribution < -0.4 is 10.1 Å². The van der Waals surface area contributed by atoms with Gasteiger partial charge < -0.3 is 10.1 Å². The highest BCUT2D eigenvalue weighted by atomic mass is 35.5. The number of nitro groups is 1. The summed E-state index contributed by atoms with van der Waals surface area (Å²) in [6.45, 7) is 4.15. The van der Waals surface area contributed by atoms with E-state index in [1.54, 1.807) is 24.3 Å². The van der Waals surface area contributed by atoms with Crippen LogP contribution in [0.5, 0.6) is 11.6 Å². The van der Waals surface area contributed by atoms with E-state index in [4.69, 9.17) is 16.3 Å². The van der Waals surface area contributed by atoms with Crippen molar-refractivity contribution in [3.8, 4) is 11.6 Å². The minimum atomic E-state index is -0.607. The van der Waals surface area contributed by atoms with Gasteiger partial charge in [0.25, 0.3) is 0 Å². The molecule has 2 aromatic heterocycles. The van der Waals surface area contributed by atoms with E-state index < -0.39 is 10.6 Å². The zero-order valence-corrected chi connectivity index (χ0v) is 15.3. The summed E-state index contributed by atoms with van der Waals surface area (Å²) in [5.41, 5.74) is 1.12. The smallest absolute Gasteiger partial charge is 0.373 e. The molecule has 0 aliphatic heterocycles. The number of rotatable bonds is 6. The summed E-state index contributed by atoms with van der Waals surface area (Å²) in [7, 11) is 0. The molecule has 0 fully saturated rings. The van der Waals surface area contributed by atoms with Crippen LogP contribution in [0.3, 0.4) is 0 Å². The minimum Gasteiger partial charge on any atom is -0.434 e. The van der Waals surface area contributed by atoms with E-state index in [0.717, 1.165) is 5.56 Å². The molecule has 2 heterocycles. The van der Waals surface area contributed by atoms with Gasteiger partial charge in [-0.05, 0) is 35.7 Å². The van der Waals surface area contributed by atoms with Gasteiger partial charge in [-0.15, -0.1) is 0 Å². The molecule has 0 aliphatic carbocycles. The Morgan fingerprint density at radius 3 is 2.52 bits per heavy atom. The van der Waals surface area contributed by atoms with Crippen molar-refractivity contribution >= 4 is 28.8 Å². The molecule has 27 heavy (non-hydrogen) atoms. The van der Waals surface area contributed by atoms with Crippen LogP contribution in [0.4, 0.5) is 17.2 Å².